The van der Waals surface area contributed by atoms with Crippen LogP contribution in [0.15, 0.2) is 30.3 Å². The molecule has 5 atom stereocenters. The van der Waals surface area contributed by atoms with Crippen molar-refractivity contribution in [3.8, 4) is 0 Å². The molecule has 1 aromatic carbocycles. The normalized spacial score (nSPS) is 31.5. The molecular formula is C14H19NO7. The Bertz CT molecular complexity index is 483. The van der Waals surface area contributed by atoms with Crippen molar-refractivity contribution in [2.75, 3.05) is 6.61 Å². The minimum absolute atomic E-state index is 0.0221. The van der Waals surface area contributed by atoms with Crippen molar-refractivity contribution in [3.05, 3.63) is 35.9 Å². The van der Waals surface area contributed by atoms with Crippen molar-refractivity contribution >= 4 is 6.09 Å². The summed E-state index contributed by atoms with van der Waals surface area (Å²) in [5, 5.41) is 40.5. The van der Waals surface area contributed by atoms with Gasteiger partial charge in [-0.3, -0.25) is 0 Å². The number of amides is 1. The van der Waals surface area contributed by atoms with Gasteiger partial charge in [0.05, 0.1) is 6.61 Å². The van der Waals surface area contributed by atoms with E-state index in [9.17, 15) is 20.1 Å². The zero-order valence-electron chi connectivity index (χ0n) is 11.7. The third kappa shape index (κ3) is 3.93. The van der Waals surface area contributed by atoms with Crippen LogP contribution in [-0.4, -0.2) is 63.8 Å². The molecule has 1 aliphatic rings. The summed E-state index contributed by atoms with van der Waals surface area (Å²) in [7, 11) is 0. The number of carbonyl (C=O) groups is 1. The molecule has 1 aromatic rings. The highest BCUT2D eigenvalue weighted by Gasteiger charge is 2.44. The summed E-state index contributed by atoms with van der Waals surface area (Å²) < 4.78 is 9.88. The maximum Gasteiger partial charge on any atom is 0.407 e. The largest absolute Gasteiger partial charge is 0.445 e. The van der Waals surface area contributed by atoms with Gasteiger partial charge in [-0.25, -0.2) is 4.79 Å². The number of rotatable bonds is 4. The number of aliphatic hydroxyl groups excluding tert-OH is 4. The van der Waals surface area contributed by atoms with Crippen LogP contribution < -0.4 is 5.32 Å². The summed E-state index contributed by atoms with van der Waals surface area (Å²) in [4.78, 5) is 11.7. The first kappa shape index (κ1) is 16.7. The molecule has 1 aliphatic heterocycles. The Morgan fingerprint density at radius 3 is 2.50 bits per heavy atom. The summed E-state index contributed by atoms with van der Waals surface area (Å²) in [6, 6.07) is 7.71. The summed E-state index contributed by atoms with van der Waals surface area (Å²) in [6.07, 6.45) is -6.49. The molecule has 2 rings (SSSR count). The minimum atomic E-state index is -1.57. The summed E-state index contributed by atoms with van der Waals surface area (Å²) in [5.41, 5.74) is 0.777. The lowest BCUT2D eigenvalue weighted by Crippen LogP contribution is -2.64. The number of hydrogen-bond donors (Lipinski definition) is 5. The fraction of sp³-hybridized carbons (Fsp3) is 0.500. The molecule has 5 N–H and O–H groups in total. The number of alkyl carbamates (subject to hydrolysis) is 1. The molecule has 22 heavy (non-hydrogen) atoms. The number of hydrogen-bond acceptors (Lipinski definition) is 7. The Balaban J connectivity index is 1.87. The number of carbonyl (C=O) groups excluding carboxylic acids is 1. The molecule has 0 aliphatic carbocycles. The minimum Gasteiger partial charge on any atom is -0.445 e. The van der Waals surface area contributed by atoms with Crippen molar-refractivity contribution in [1.82, 2.24) is 5.32 Å². The molecule has 1 fully saturated rings. The quantitative estimate of drug-likeness (QED) is 0.468. The van der Waals surface area contributed by atoms with Gasteiger partial charge in [-0.1, -0.05) is 30.3 Å². The molecule has 0 aromatic heterocycles. The average Bonchev–Trinajstić information content (AvgIpc) is 2.54. The Morgan fingerprint density at radius 2 is 1.86 bits per heavy atom. The number of nitrogens with one attached hydrogen (secondary N) is 1. The second kappa shape index (κ2) is 7.52. The first-order valence-corrected chi connectivity index (χ1v) is 6.80. The average molecular weight is 313 g/mol. The molecular weight excluding hydrogens is 294 g/mol. The summed E-state index contributed by atoms with van der Waals surface area (Å²) in [6.45, 7) is -0.547. The summed E-state index contributed by atoms with van der Waals surface area (Å²) >= 11 is 0. The van der Waals surface area contributed by atoms with Crippen LogP contribution in [0.3, 0.4) is 0 Å². The third-order valence-electron chi connectivity index (χ3n) is 3.40. The van der Waals surface area contributed by atoms with E-state index in [0.717, 1.165) is 5.56 Å². The Labute approximate surface area is 126 Å². The highest BCUT2D eigenvalue weighted by atomic mass is 16.6. The zero-order chi connectivity index (χ0) is 16.1. The van der Waals surface area contributed by atoms with Gasteiger partial charge >= 0.3 is 6.09 Å². The predicted octanol–water partition coefficient (Wildman–Crippen LogP) is -1.29. The molecule has 1 amide bonds. The van der Waals surface area contributed by atoms with Crippen LogP contribution in [0.2, 0.25) is 0 Å². The van der Waals surface area contributed by atoms with Crippen LogP contribution in [0.5, 0.6) is 0 Å². The molecule has 8 nitrogen and oxygen atoms in total. The maximum absolute atomic E-state index is 11.7. The number of ether oxygens (including phenoxy) is 2. The van der Waals surface area contributed by atoms with Crippen LogP contribution in [-0.2, 0) is 16.1 Å². The van der Waals surface area contributed by atoms with Crippen molar-refractivity contribution < 1.29 is 34.7 Å². The Hall–Kier alpha value is -1.71. The second-order valence-corrected chi connectivity index (χ2v) is 4.96. The standard InChI is InChI=1S/C14H19NO7/c16-6-9-11(17)12(18)10(13(19)22-9)15-14(20)21-7-8-4-2-1-3-5-8/h1-5,9-13,16-19H,6-7H2,(H,15,20)/t9?,10?,11?,12?,13-/m1/s1. The molecule has 1 saturated heterocycles. The van der Waals surface area contributed by atoms with Gasteiger partial charge in [-0.15, -0.1) is 0 Å². The lowest BCUT2D eigenvalue weighted by atomic mass is 9.97. The molecule has 122 valence electrons. The maximum atomic E-state index is 11.7. The van der Waals surface area contributed by atoms with Gasteiger partial charge in [0.1, 0.15) is 31.0 Å². The van der Waals surface area contributed by atoms with Crippen LogP contribution in [0.1, 0.15) is 5.56 Å². The van der Waals surface area contributed by atoms with Gasteiger partial charge in [0.2, 0.25) is 0 Å². The highest BCUT2D eigenvalue weighted by Crippen LogP contribution is 2.19. The predicted molar refractivity (Wildman–Crippen MR) is 73.5 cm³/mol. The highest BCUT2D eigenvalue weighted by molar-refractivity contribution is 5.67. The smallest absolute Gasteiger partial charge is 0.407 e. The monoisotopic (exact) mass is 313 g/mol. The van der Waals surface area contributed by atoms with Crippen LogP contribution in [0, 0.1) is 0 Å². The Kier molecular flexibility index (Phi) is 5.69. The first-order chi connectivity index (χ1) is 10.5. The zero-order valence-corrected chi connectivity index (χ0v) is 11.7. The van der Waals surface area contributed by atoms with Gasteiger partial charge in [-0.2, -0.15) is 0 Å². The van der Waals surface area contributed by atoms with E-state index < -0.39 is 43.3 Å². The van der Waals surface area contributed by atoms with E-state index in [4.69, 9.17) is 14.6 Å². The molecule has 8 heteroatoms. The summed E-state index contributed by atoms with van der Waals surface area (Å²) in [5.74, 6) is 0. The molecule has 0 radical (unpaired) electrons. The van der Waals surface area contributed by atoms with Crippen molar-refractivity contribution in [2.24, 2.45) is 0 Å². The van der Waals surface area contributed by atoms with E-state index in [1.165, 1.54) is 0 Å². The van der Waals surface area contributed by atoms with E-state index in [1.807, 2.05) is 6.07 Å². The number of benzene rings is 1. The van der Waals surface area contributed by atoms with Gasteiger partial charge in [-0.05, 0) is 5.56 Å². The van der Waals surface area contributed by atoms with Crippen LogP contribution in [0.4, 0.5) is 4.79 Å². The van der Waals surface area contributed by atoms with E-state index in [0.29, 0.717) is 0 Å². The van der Waals surface area contributed by atoms with Crippen molar-refractivity contribution in [2.45, 2.75) is 37.3 Å². The van der Waals surface area contributed by atoms with Crippen LogP contribution in [0.25, 0.3) is 0 Å². The molecule has 0 bridgehead atoms. The fourth-order valence-corrected chi connectivity index (χ4v) is 2.15. The SMILES string of the molecule is O=C(NC1C(O)C(O)C(CO)O[C@H]1O)OCc1ccccc1. The molecule has 0 saturated carbocycles. The van der Waals surface area contributed by atoms with E-state index in [-0.39, 0.29) is 6.61 Å². The molecule has 4 unspecified atom stereocenters. The van der Waals surface area contributed by atoms with Crippen LogP contribution >= 0.6 is 0 Å². The molecule has 0 spiro atoms. The van der Waals surface area contributed by atoms with E-state index in [1.54, 1.807) is 24.3 Å². The van der Waals surface area contributed by atoms with Gasteiger partial charge in [0, 0.05) is 0 Å². The lowest BCUT2D eigenvalue weighted by molar-refractivity contribution is -0.253. The third-order valence-corrected chi connectivity index (χ3v) is 3.40. The van der Waals surface area contributed by atoms with Gasteiger partial charge in [0.15, 0.2) is 6.29 Å². The topological polar surface area (TPSA) is 128 Å². The van der Waals surface area contributed by atoms with E-state index >= 15 is 0 Å². The van der Waals surface area contributed by atoms with Crippen molar-refractivity contribution in [1.29, 1.82) is 0 Å². The van der Waals surface area contributed by atoms with E-state index in [2.05, 4.69) is 5.32 Å². The van der Waals surface area contributed by atoms with Gasteiger partial charge < -0.3 is 35.2 Å². The van der Waals surface area contributed by atoms with Gasteiger partial charge in [0.25, 0.3) is 0 Å². The fourth-order valence-electron chi connectivity index (χ4n) is 2.15. The first-order valence-electron chi connectivity index (χ1n) is 6.80. The van der Waals surface area contributed by atoms with Crippen molar-refractivity contribution in [3.63, 3.8) is 0 Å². The Morgan fingerprint density at radius 1 is 1.18 bits per heavy atom. The molecule has 1 heterocycles. The lowest BCUT2D eigenvalue weighted by Gasteiger charge is -2.39. The second-order valence-electron chi connectivity index (χ2n) is 4.96. The number of aliphatic hydroxyl groups is 4.